The zero-order chi connectivity index (χ0) is 16.4. The lowest BCUT2D eigenvalue weighted by molar-refractivity contribution is -0.118. The van der Waals surface area contributed by atoms with Gasteiger partial charge in [0.15, 0.2) is 0 Å². The van der Waals surface area contributed by atoms with Gasteiger partial charge < -0.3 is 15.0 Å². The average Bonchev–Trinajstić information content (AvgIpc) is 3.46. The standard InChI is InChI=1S/C20H22N2O2/c23-19(20(10-11-20)16-4-2-1-3-5-16)21-17-6-8-18(9-7-17)22-12-14-24-15-13-22/h1-9H,10-15H2,(H,21,23). The van der Waals surface area contributed by atoms with Crippen LogP contribution in [0.1, 0.15) is 18.4 Å². The van der Waals surface area contributed by atoms with E-state index < -0.39 is 0 Å². The van der Waals surface area contributed by atoms with Crippen LogP contribution in [-0.4, -0.2) is 32.2 Å². The number of nitrogens with one attached hydrogen (secondary N) is 1. The van der Waals surface area contributed by atoms with E-state index in [0.29, 0.717) is 0 Å². The molecule has 0 unspecified atom stereocenters. The quantitative estimate of drug-likeness (QED) is 0.940. The molecular weight excluding hydrogens is 300 g/mol. The van der Waals surface area contributed by atoms with Crippen LogP contribution in [0.15, 0.2) is 54.6 Å². The molecule has 4 heteroatoms. The van der Waals surface area contributed by atoms with Crippen LogP contribution in [0.2, 0.25) is 0 Å². The van der Waals surface area contributed by atoms with E-state index in [0.717, 1.165) is 50.4 Å². The molecule has 0 spiro atoms. The molecule has 1 aliphatic heterocycles. The third-order valence-electron chi connectivity index (χ3n) is 5.01. The fourth-order valence-corrected chi connectivity index (χ4v) is 3.36. The van der Waals surface area contributed by atoms with Crippen molar-refractivity contribution in [2.75, 3.05) is 36.5 Å². The van der Waals surface area contributed by atoms with Crippen molar-refractivity contribution in [2.24, 2.45) is 0 Å². The Kier molecular flexibility index (Phi) is 3.98. The lowest BCUT2D eigenvalue weighted by Crippen LogP contribution is -2.36. The zero-order valence-electron chi connectivity index (χ0n) is 13.7. The fraction of sp³-hybridized carbons (Fsp3) is 0.350. The van der Waals surface area contributed by atoms with Gasteiger partial charge in [-0.15, -0.1) is 0 Å². The Morgan fingerprint density at radius 2 is 1.62 bits per heavy atom. The monoisotopic (exact) mass is 322 g/mol. The van der Waals surface area contributed by atoms with E-state index >= 15 is 0 Å². The van der Waals surface area contributed by atoms with Gasteiger partial charge in [0.05, 0.1) is 18.6 Å². The van der Waals surface area contributed by atoms with Crippen LogP contribution in [-0.2, 0) is 14.9 Å². The molecule has 1 amide bonds. The zero-order valence-corrected chi connectivity index (χ0v) is 13.7. The molecular formula is C20H22N2O2. The molecule has 0 atom stereocenters. The first-order valence-corrected chi connectivity index (χ1v) is 8.58. The number of anilines is 2. The van der Waals surface area contributed by atoms with Gasteiger partial charge >= 0.3 is 0 Å². The predicted molar refractivity (Wildman–Crippen MR) is 95.5 cm³/mol. The molecule has 1 heterocycles. The third-order valence-corrected chi connectivity index (χ3v) is 5.01. The first kappa shape index (κ1) is 15.2. The highest BCUT2D eigenvalue weighted by Gasteiger charge is 2.51. The van der Waals surface area contributed by atoms with Crippen molar-refractivity contribution in [2.45, 2.75) is 18.3 Å². The van der Waals surface area contributed by atoms with Crippen molar-refractivity contribution in [3.8, 4) is 0 Å². The Labute approximate surface area is 142 Å². The summed E-state index contributed by atoms with van der Waals surface area (Å²) in [7, 11) is 0. The van der Waals surface area contributed by atoms with Crippen molar-refractivity contribution in [1.82, 2.24) is 0 Å². The summed E-state index contributed by atoms with van der Waals surface area (Å²) in [6.45, 7) is 3.39. The number of carbonyl (C=O) groups is 1. The Balaban J connectivity index is 1.44. The van der Waals surface area contributed by atoms with Crippen molar-refractivity contribution in [3.63, 3.8) is 0 Å². The van der Waals surface area contributed by atoms with Gasteiger partial charge in [-0.2, -0.15) is 0 Å². The largest absolute Gasteiger partial charge is 0.378 e. The summed E-state index contributed by atoms with van der Waals surface area (Å²) in [5, 5.41) is 3.09. The van der Waals surface area contributed by atoms with Gasteiger partial charge in [-0.05, 0) is 42.7 Å². The number of morpholine rings is 1. The molecule has 1 aliphatic carbocycles. The highest BCUT2D eigenvalue weighted by atomic mass is 16.5. The molecule has 1 saturated carbocycles. The summed E-state index contributed by atoms with van der Waals surface area (Å²) in [6, 6.07) is 18.2. The second-order valence-corrected chi connectivity index (χ2v) is 6.55. The normalized spacial score (nSPS) is 18.9. The molecule has 1 saturated heterocycles. The molecule has 0 radical (unpaired) electrons. The maximum absolute atomic E-state index is 12.7. The van der Waals surface area contributed by atoms with Crippen LogP contribution >= 0.6 is 0 Å². The number of carbonyl (C=O) groups excluding carboxylic acids is 1. The summed E-state index contributed by atoms with van der Waals surface area (Å²) in [5.74, 6) is 0.104. The van der Waals surface area contributed by atoms with E-state index in [4.69, 9.17) is 4.74 Å². The van der Waals surface area contributed by atoms with Gasteiger partial charge in [0.1, 0.15) is 0 Å². The number of amides is 1. The van der Waals surface area contributed by atoms with E-state index in [1.807, 2.05) is 42.5 Å². The Bertz CT molecular complexity index is 702. The topological polar surface area (TPSA) is 41.6 Å². The molecule has 2 aromatic rings. The van der Waals surface area contributed by atoms with Crippen LogP contribution in [0, 0.1) is 0 Å². The number of ether oxygens (including phenoxy) is 1. The SMILES string of the molecule is O=C(Nc1ccc(N2CCOCC2)cc1)C1(c2ccccc2)CC1. The Morgan fingerprint density at radius 1 is 0.958 bits per heavy atom. The van der Waals surface area contributed by atoms with Gasteiger partial charge in [-0.3, -0.25) is 4.79 Å². The minimum absolute atomic E-state index is 0.104. The smallest absolute Gasteiger partial charge is 0.235 e. The molecule has 0 aromatic heterocycles. The third kappa shape index (κ3) is 2.89. The van der Waals surface area contributed by atoms with Crippen molar-refractivity contribution in [1.29, 1.82) is 0 Å². The Morgan fingerprint density at radius 3 is 2.25 bits per heavy atom. The molecule has 0 bridgehead atoms. The second-order valence-electron chi connectivity index (χ2n) is 6.55. The highest BCUT2D eigenvalue weighted by molar-refractivity contribution is 6.01. The van der Waals surface area contributed by atoms with Gasteiger partial charge in [0.25, 0.3) is 0 Å². The predicted octanol–water partition coefficient (Wildman–Crippen LogP) is 3.19. The summed E-state index contributed by atoms with van der Waals surface area (Å²) >= 11 is 0. The minimum Gasteiger partial charge on any atom is -0.378 e. The lowest BCUT2D eigenvalue weighted by atomic mass is 9.95. The number of rotatable bonds is 4. The van der Waals surface area contributed by atoms with Crippen molar-refractivity contribution >= 4 is 17.3 Å². The van der Waals surface area contributed by atoms with E-state index in [9.17, 15) is 4.79 Å². The molecule has 1 N–H and O–H groups in total. The van der Waals surface area contributed by atoms with E-state index in [1.165, 1.54) is 5.69 Å². The van der Waals surface area contributed by atoms with Gasteiger partial charge in [-0.25, -0.2) is 0 Å². The first-order valence-electron chi connectivity index (χ1n) is 8.58. The van der Waals surface area contributed by atoms with E-state index in [1.54, 1.807) is 0 Å². The maximum atomic E-state index is 12.7. The van der Waals surface area contributed by atoms with Crippen LogP contribution in [0.5, 0.6) is 0 Å². The minimum atomic E-state index is -0.329. The van der Waals surface area contributed by atoms with Crippen LogP contribution in [0.25, 0.3) is 0 Å². The van der Waals surface area contributed by atoms with E-state index in [2.05, 4.69) is 22.3 Å². The van der Waals surface area contributed by atoms with Gasteiger partial charge in [0.2, 0.25) is 5.91 Å². The lowest BCUT2D eigenvalue weighted by Gasteiger charge is -2.29. The molecule has 24 heavy (non-hydrogen) atoms. The van der Waals surface area contributed by atoms with Gasteiger partial charge in [-0.1, -0.05) is 30.3 Å². The van der Waals surface area contributed by atoms with Gasteiger partial charge in [0, 0.05) is 24.5 Å². The summed E-state index contributed by atoms with van der Waals surface area (Å²) < 4.78 is 5.39. The molecule has 4 nitrogen and oxygen atoms in total. The summed E-state index contributed by atoms with van der Waals surface area (Å²) in [6.07, 6.45) is 1.85. The van der Waals surface area contributed by atoms with E-state index in [-0.39, 0.29) is 11.3 Å². The molecule has 2 fully saturated rings. The number of hydrogen-bond acceptors (Lipinski definition) is 3. The summed E-state index contributed by atoms with van der Waals surface area (Å²) in [4.78, 5) is 15.1. The first-order chi connectivity index (χ1) is 11.8. The van der Waals surface area contributed by atoms with Crippen LogP contribution in [0.4, 0.5) is 11.4 Å². The molecule has 124 valence electrons. The Hall–Kier alpha value is -2.33. The molecule has 2 aliphatic rings. The number of benzene rings is 2. The highest BCUT2D eigenvalue weighted by Crippen LogP contribution is 2.48. The fourth-order valence-electron chi connectivity index (χ4n) is 3.36. The van der Waals surface area contributed by atoms with Crippen molar-refractivity contribution in [3.05, 3.63) is 60.2 Å². The van der Waals surface area contributed by atoms with Crippen molar-refractivity contribution < 1.29 is 9.53 Å². The maximum Gasteiger partial charge on any atom is 0.235 e. The van der Waals surface area contributed by atoms with Crippen LogP contribution < -0.4 is 10.2 Å². The molecule has 2 aromatic carbocycles. The average molecular weight is 322 g/mol. The van der Waals surface area contributed by atoms with Crippen LogP contribution in [0.3, 0.4) is 0 Å². The number of hydrogen-bond donors (Lipinski definition) is 1. The molecule has 4 rings (SSSR count). The number of nitrogens with zero attached hydrogens (tertiary/aromatic N) is 1. The second kappa shape index (κ2) is 6.29. The summed E-state index contributed by atoms with van der Waals surface area (Å²) in [5.41, 5.74) is 2.83.